The molecule has 0 aliphatic heterocycles. The quantitative estimate of drug-likeness (QED) is 0.410. The van der Waals surface area contributed by atoms with Crippen LogP contribution in [0.1, 0.15) is 22.1 Å². The van der Waals surface area contributed by atoms with Crippen molar-refractivity contribution < 1.29 is 9.84 Å². The van der Waals surface area contributed by atoms with Gasteiger partial charge in [0, 0.05) is 33.4 Å². The van der Waals surface area contributed by atoms with E-state index in [0.29, 0.717) is 11.6 Å². The fraction of sp³-hybridized carbons (Fsp3) is 0.0952. The average Bonchev–Trinajstić information content (AvgIpc) is 3.37. The number of nitrogens with zero attached hydrogens (tertiary/aromatic N) is 1. The molecule has 27 heavy (non-hydrogen) atoms. The van der Waals surface area contributed by atoms with Crippen LogP contribution >= 0.6 is 34.3 Å². The van der Waals surface area contributed by atoms with Crippen LogP contribution in [0.4, 0.5) is 0 Å². The lowest BCUT2D eigenvalue weighted by Crippen LogP contribution is -2.05. The normalized spacial score (nSPS) is 12.1. The van der Waals surface area contributed by atoms with Gasteiger partial charge in [-0.25, -0.2) is 0 Å². The van der Waals surface area contributed by atoms with E-state index >= 15 is 0 Å². The molecule has 0 saturated heterocycles. The monoisotopic (exact) mass is 413 g/mol. The Balaban J connectivity index is 1.67. The largest absolute Gasteiger partial charge is 0.488 e. The lowest BCUT2D eigenvalue weighted by Gasteiger charge is -2.15. The van der Waals surface area contributed by atoms with Gasteiger partial charge in [0.15, 0.2) is 0 Å². The Morgan fingerprint density at radius 1 is 1.11 bits per heavy atom. The molecular weight excluding hydrogens is 398 g/mol. The van der Waals surface area contributed by atoms with Crippen LogP contribution < -0.4 is 4.74 Å². The Bertz CT molecular complexity index is 999. The minimum absolute atomic E-state index is 0.378. The summed E-state index contributed by atoms with van der Waals surface area (Å²) in [6.45, 7) is 0.378. The van der Waals surface area contributed by atoms with Crippen molar-refractivity contribution >= 4 is 34.3 Å². The van der Waals surface area contributed by atoms with Crippen LogP contribution in [0.15, 0.2) is 71.0 Å². The molecule has 0 saturated carbocycles. The summed E-state index contributed by atoms with van der Waals surface area (Å²) in [5.74, 6) is 0.742. The van der Waals surface area contributed by atoms with Crippen molar-refractivity contribution in [2.24, 2.45) is 0 Å². The standard InChI is InChI=1S/C21H16ClNO2S2/c22-16-3-5-17(6-4-16)25-11-19-20(21(24)14-2-1-8-23-10-14)18(13-27-19)15-7-9-26-12-15/h1-10,12-13,21,24H,11H2. The van der Waals surface area contributed by atoms with Gasteiger partial charge in [-0.3, -0.25) is 4.98 Å². The SMILES string of the molecule is OC(c1cccnc1)c1c(-c2ccsc2)csc1COc1ccc(Cl)cc1. The number of halogens is 1. The summed E-state index contributed by atoms with van der Waals surface area (Å²) in [7, 11) is 0. The summed E-state index contributed by atoms with van der Waals surface area (Å²) >= 11 is 9.16. The van der Waals surface area contributed by atoms with Gasteiger partial charge in [-0.1, -0.05) is 17.7 Å². The number of aromatic nitrogens is 1. The highest BCUT2D eigenvalue weighted by Crippen LogP contribution is 2.39. The van der Waals surface area contributed by atoms with Gasteiger partial charge >= 0.3 is 0 Å². The van der Waals surface area contributed by atoms with Gasteiger partial charge in [-0.2, -0.15) is 11.3 Å². The number of benzene rings is 1. The fourth-order valence-electron chi connectivity index (χ4n) is 2.84. The molecule has 6 heteroatoms. The molecule has 1 aromatic carbocycles. The zero-order valence-electron chi connectivity index (χ0n) is 14.2. The van der Waals surface area contributed by atoms with Crippen LogP contribution in [0.5, 0.6) is 5.75 Å². The Kier molecular flexibility index (Phi) is 5.55. The second kappa shape index (κ2) is 8.23. The number of aliphatic hydroxyl groups is 1. The van der Waals surface area contributed by atoms with Crippen molar-refractivity contribution in [2.45, 2.75) is 12.7 Å². The number of pyridine rings is 1. The van der Waals surface area contributed by atoms with Gasteiger partial charge < -0.3 is 9.84 Å². The number of aliphatic hydroxyl groups excluding tert-OH is 1. The van der Waals surface area contributed by atoms with Crippen LogP contribution in [0.25, 0.3) is 11.1 Å². The smallest absolute Gasteiger partial charge is 0.123 e. The first-order valence-corrected chi connectivity index (χ1v) is 10.5. The molecule has 3 heterocycles. The van der Waals surface area contributed by atoms with E-state index in [2.05, 4.69) is 21.8 Å². The molecule has 136 valence electrons. The highest BCUT2D eigenvalue weighted by molar-refractivity contribution is 7.10. The van der Waals surface area contributed by atoms with Gasteiger partial charge in [0.25, 0.3) is 0 Å². The number of rotatable bonds is 6. The third kappa shape index (κ3) is 4.06. The molecule has 0 bridgehead atoms. The second-order valence-corrected chi connectivity index (χ2v) is 8.11. The maximum atomic E-state index is 11.1. The number of hydrogen-bond donors (Lipinski definition) is 1. The summed E-state index contributed by atoms with van der Waals surface area (Å²) in [6.07, 6.45) is 2.64. The van der Waals surface area contributed by atoms with Crippen LogP contribution in [0, 0.1) is 0 Å². The molecule has 3 nitrogen and oxygen atoms in total. The molecule has 1 N–H and O–H groups in total. The van der Waals surface area contributed by atoms with Crippen molar-refractivity contribution in [2.75, 3.05) is 0 Å². The number of thiophene rings is 2. The Morgan fingerprint density at radius 3 is 2.67 bits per heavy atom. The van der Waals surface area contributed by atoms with Crippen molar-refractivity contribution in [1.82, 2.24) is 4.98 Å². The van der Waals surface area contributed by atoms with E-state index in [1.165, 1.54) is 0 Å². The van der Waals surface area contributed by atoms with Crippen molar-refractivity contribution in [3.05, 3.63) is 92.0 Å². The van der Waals surface area contributed by atoms with E-state index in [4.69, 9.17) is 16.3 Å². The number of ether oxygens (including phenoxy) is 1. The van der Waals surface area contributed by atoms with E-state index in [1.807, 2.05) is 29.6 Å². The van der Waals surface area contributed by atoms with Gasteiger partial charge in [0.2, 0.25) is 0 Å². The lowest BCUT2D eigenvalue weighted by molar-refractivity contribution is 0.216. The summed E-state index contributed by atoms with van der Waals surface area (Å²) < 4.78 is 5.93. The zero-order chi connectivity index (χ0) is 18.6. The van der Waals surface area contributed by atoms with Gasteiger partial charge in [-0.05, 0) is 63.7 Å². The topological polar surface area (TPSA) is 42.4 Å². The van der Waals surface area contributed by atoms with E-state index in [0.717, 1.165) is 32.9 Å². The van der Waals surface area contributed by atoms with Gasteiger partial charge in [-0.15, -0.1) is 11.3 Å². The lowest BCUT2D eigenvalue weighted by atomic mass is 9.97. The molecule has 1 unspecified atom stereocenters. The maximum Gasteiger partial charge on any atom is 0.123 e. The Morgan fingerprint density at radius 2 is 1.96 bits per heavy atom. The molecule has 3 aromatic heterocycles. The summed E-state index contributed by atoms with van der Waals surface area (Å²) in [5.41, 5.74) is 3.78. The minimum Gasteiger partial charge on any atom is -0.488 e. The summed E-state index contributed by atoms with van der Waals surface area (Å²) in [5, 5.41) is 18.0. The molecule has 1 atom stereocenters. The van der Waals surface area contributed by atoms with E-state index in [9.17, 15) is 5.11 Å². The van der Waals surface area contributed by atoms with Gasteiger partial charge in [0.05, 0.1) is 0 Å². The van der Waals surface area contributed by atoms with Crippen molar-refractivity contribution in [3.8, 4) is 16.9 Å². The molecule has 0 fully saturated rings. The molecule has 0 amide bonds. The molecule has 0 aliphatic carbocycles. The highest BCUT2D eigenvalue weighted by atomic mass is 35.5. The first-order chi connectivity index (χ1) is 13.2. The first kappa shape index (κ1) is 18.2. The average molecular weight is 414 g/mol. The fourth-order valence-corrected chi connectivity index (χ4v) is 4.62. The van der Waals surface area contributed by atoms with Crippen LogP contribution in [0.3, 0.4) is 0 Å². The van der Waals surface area contributed by atoms with Crippen LogP contribution in [-0.2, 0) is 6.61 Å². The third-order valence-electron chi connectivity index (χ3n) is 4.20. The van der Waals surface area contributed by atoms with E-state index in [1.54, 1.807) is 47.2 Å². The predicted octanol–water partition coefficient (Wildman–Crippen LogP) is 6.19. The van der Waals surface area contributed by atoms with Gasteiger partial charge in [0.1, 0.15) is 18.5 Å². The maximum absolute atomic E-state index is 11.1. The highest BCUT2D eigenvalue weighted by Gasteiger charge is 2.22. The molecule has 0 radical (unpaired) electrons. The van der Waals surface area contributed by atoms with Crippen LogP contribution in [0.2, 0.25) is 5.02 Å². The predicted molar refractivity (Wildman–Crippen MR) is 112 cm³/mol. The van der Waals surface area contributed by atoms with Crippen molar-refractivity contribution in [3.63, 3.8) is 0 Å². The Labute approximate surface area is 170 Å². The Hall–Kier alpha value is -2.18. The molecule has 4 rings (SSSR count). The van der Waals surface area contributed by atoms with E-state index < -0.39 is 6.10 Å². The van der Waals surface area contributed by atoms with E-state index in [-0.39, 0.29) is 0 Å². The van der Waals surface area contributed by atoms with Crippen molar-refractivity contribution in [1.29, 1.82) is 0 Å². The molecule has 0 aliphatic rings. The van der Waals surface area contributed by atoms with Crippen LogP contribution in [-0.4, -0.2) is 10.1 Å². The molecular formula is C21H16ClNO2S2. The summed E-state index contributed by atoms with van der Waals surface area (Å²) in [4.78, 5) is 5.13. The third-order valence-corrected chi connectivity index (χ3v) is 6.11. The minimum atomic E-state index is -0.760. The second-order valence-electron chi connectivity index (χ2n) is 5.93. The summed E-state index contributed by atoms with van der Waals surface area (Å²) in [6, 6.07) is 13.1. The first-order valence-electron chi connectivity index (χ1n) is 8.31. The molecule has 4 aromatic rings. The number of hydrogen-bond acceptors (Lipinski definition) is 5. The zero-order valence-corrected chi connectivity index (χ0v) is 16.6. The molecule has 0 spiro atoms.